The van der Waals surface area contributed by atoms with E-state index in [-0.39, 0.29) is 5.82 Å². The van der Waals surface area contributed by atoms with Crippen LogP contribution < -0.4 is 10.5 Å². The first-order valence-electron chi connectivity index (χ1n) is 8.03. The molecule has 0 aliphatic rings. The van der Waals surface area contributed by atoms with Crippen molar-refractivity contribution in [2.75, 3.05) is 12.4 Å². The van der Waals surface area contributed by atoms with Gasteiger partial charge in [0.2, 0.25) is 0 Å². The number of hydrogen-bond donors (Lipinski definition) is 1. The highest BCUT2D eigenvalue weighted by atomic mass is 32.2. The van der Waals surface area contributed by atoms with Crippen LogP contribution in [0.25, 0.3) is 0 Å². The second-order valence-corrected chi connectivity index (χ2v) is 6.62. The Morgan fingerprint density at radius 2 is 1.83 bits per heavy atom. The van der Waals surface area contributed by atoms with E-state index in [1.165, 1.54) is 29.5 Å². The zero-order valence-corrected chi connectivity index (χ0v) is 14.9. The van der Waals surface area contributed by atoms with Crippen molar-refractivity contribution in [2.24, 2.45) is 10.7 Å². The van der Waals surface area contributed by atoms with Gasteiger partial charge in [0.15, 0.2) is 5.17 Å². The van der Waals surface area contributed by atoms with Crippen molar-refractivity contribution >= 4 is 22.6 Å². The number of ether oxygens (including phenoxy) is 1. The molecular formula is C19H23FN2OS. The first-order chi connectivity index (χ1) is 11.6. The maximum Gasteiger partial charge on any atom is 0.159 e. The van der Waals surface area contributed by atoms with Crippen LogP contribution in [0.4, 0.5) is 10.1 Å². The highest BCUT2D eigenvalue weighted by Crippen LogP contribution is 2.22. The van der Waals surface area contributed by atoms with E-state index in [1.807, 2.05) is 12.1 Å². The molecule has 0 aliphatic heterocycles. The molecule has 2 aromatic carbocycles. The summed E-state index contributed by atoms with van der Waals surface area (Å²) in [6.45, 7) is 4.88. The van der Waals surface area contributed by atoms with Crippen molar-refractivity contribution in [3.8, 4) is 5.75 Å². The van der Waals surface area contributed by atoms with E-state index < -0.39 is 0 Å². The number of amidine groups is 1. The van der Waals surface area contributed by atoms with Crippen LogP contribution in [0.15, 0.2) is 53.5 Å². The summed E-state index contributed by atoms with van der Waals surface area (Å²) >= 11 is 1.44. The Labute approximate surface area is 147 Å². The molecule has 0 bridgehead atoms. The quantitative estimate of drug-likeness (QED) is 0.431. The molecule has 0 unspecified atom stereocenters. The normalized spacial score (nSPS) is 12.9. The van der Waals surface area contributed by atoms with Crippen molar-refractivity contribution in [1.29, 1.82) is 0 Å². The Morgan fingerprint density at radius 1 is 1.17 bits per heavy atom. The lowest BCUT2D eigenvalue weighted by Crippen LogP contribution is -2.10. The molecule has 2 aromatic rings. The average molecular weight is 346 g/mol. The van der Waals surface area contributed by atoms with Crippen molar-refractivity contribution in [1.82, 2.24) is 0 Å². The SMILES string of the molecule is CC[C@H](C)c1ccc(N=C(N)SCCOc2ccc(F)cc2)cc1. The van der Waals surface area contributed by atoms with Crippen molar-refractivity contribution in [2.45, 2.75) is 26.2 Å². The van der Waals surface area contributed by atoms with Gasteiger partial charge in [-0.3, -0.25) is 0 Å². The van der Waals surface area contributed by atoms with Gasteiger partial charge in [-0.1, -0.05) is 37.7 Å². The Morgan fingerprint density at radius 3 is 2.46 bits per heavy atom. The summed E-state index contributed by atoms with van der Waals surface area (Å²) in [6.07, 6.45) is 1.12. The number of hydrogen-bond acceptors (Lipinski definition) is 3. The average Bonchev–Trinajstić information content (AvgIpc) is 2.60. The Kier molecular flexibility index (Phi) is 7.12. The van der Waals surface area contributed by atoms with Crippen LogP contribution in [-0.4, -0.2) is 17.5 Å². The van der Waals surface area contributed by atoms with Gasteiger partial charge in [-0.25, -0.2) is 9.38 Å². The number of benzene rings is 2. The summed E-state index contributed by atoms with van der Waals surface area (Å²) in [5.74, 6) is 1.61. The van der Waals surface area contributed by atoms with Gasteiger partial charge in [-0.2, -0.15) is 0 Å². The van der Waals surface area contributed by atoms with Crippen LogP contribution in [0.2, 0.25) is 0 Å². The molecule has 5 heteroatoms. The summed E-state index contributed by atoms with van der Waals surface area (Å²) in [7, 11) is 0. The fourth-order valence-corrected chi connectivity index (χ4v) is 2.65. The van der Waals surface area contributed by atoms with Crippen molar-refractivity contribution < 1.29 is 9.13 Å². The summed E-state index contributed by atoms with van der Waals surface area (Å²) in [6, 6.07) is 14.1. The molecule has 1 atom stereocenters. The van der Waals surface area contributed by atoms with Gasteiger partial charge in [0.1, 0.15) is 11.6 Å². The van der Waals surface area contributed by atoms with Gasteiger partial charge < -0.3 is 10.5 Å². The maximum atomic E-state index is 12.8. The molecule has 0 saturated carbocycles. The van der Waals surface area contributed by atoms with Crippen LogP contribution in [0, 0.1) is 5.82 Å². The lowest BCUT2D eigenvalue weighted by atomic mass is 9.99. The highest BCUT2D eigenvalue weighted by molar-refractivity contribution is 8.13. The molecule has 0 fully saturated rings. The van der Waals surface area contributed by atoms with Gasteiger partial charge in [0.25, 0.3) is 0 Å². The third-order valence-electron chi connectivity index (χ3n) is 3.73. The Bertz CT molecular complexity index is 656. The van der Waals surface area contributed by atoms with Gasteiger partial charge >= 0.3 is 0 Å². The van der Waals surface area contributed by atoms with E-state index in [0.717, 1.165) is 12.1 Å². The lowest BCUT2D eigenvalue weighted by Gasteiger charge is -2.08. The molecule has 2 N–H and O–H groups in total. The molecule has 0 aromatic heterocycles. The molecule has 0 spiro atoms. The Balaban J connectivity index is 1.78. The van der Waals surface area contributed by atoms with Crippen LogP contribution in [0.5, 0.6) is 5.75 Å². The fourth-order valence-electron chi connectivity index (χ4n) is 2.11. The predicted octanol–water partition coefficient (Wildman–Crippen LogP) is 5.10. The van der Waals surface area contributed by atoms with Crippen LogP contribution in [0.1, 0.15) is 31.7 Å². The van der Waals surface area contributed by atoms with Gasteiger partial charge in [0, 0.05) is 5.75 Å². The molecule has 0 heterocycles. The van der Waals surface area contributed by atoms with Gasteiger partial charge in [0.05, 0.1) is 12.3 Å². The van der Waals surface area contributed by atoms with Crippen LogP contribution in [0.3, 0.4) is 0 Å². The van der Waals surface area contributed by atoms with E-state index in [9.17, 15) is 4.39 Å². The van der Waals surface area contributed by atoms with Gasteiger partial charge in [-0.15, -0.1) is 0 Å². The van der Waals surface area contributed by atoms with E-state index in [1.54, 1.807) is 12.1 Å². The minimum atomic E-state index is -0.271. The predicted molar refractivity (Wildman–Crippen MR) is 101 cm³/mol. The molecular weight excluding hydrogens is 323 g/mol. The first kappa shape index (κ1) is 18.3. The number of thioether (sulfide) groups is 1. The molecule has 0 aliphatic carbocycles. The molecule has 0 saturated heterocycles. The molecule has 3 nitrogen and oxygen atoms in total. The van der Waals surface area contributed by atoms with Crippen LogP contribution in [-0.2, 0) is 0 Å². The van der Waals surface area contributed by atoms with Crippen molar-refractivity contribution in [3.63, 3.8) is 0 Å². The first-order valence-corrected chi connectivity index (χ1v) is 9.02. The zero-order chi connectivity index (χ0) is 17.4. The third-order valence-corrected chi connectivity index (χ3v) is 4.49. The summed E-state index contributed by atoms with van der Waals surface area (Å²) in [5.41, 5.74) is 8.11. The van der Waals surface area contributed by atoms with E-state index >= 15 is 0 Å². The number of rotatable bonds is 7. The summed E-state index contributed by atoms with van der Waals surface area (Å²) in [5, 5.41) is 0.508. The van der Waals surface area contributed by atoms with E-state index in [2.05, 4.69) is 31.0 Å². The highest BCUT2D eigenvalue weighted by Gasteiger charge is 2.03. The van der Waals surface area contributed by atoms with Crippen molar-refractivity contribution in [3.05, 3.63) is 59.9 Å². The Hall–Kier alpha value is -2.01. The monoisotopic (exact) mass is 346 g/mol. The minimum Gasteiger partial charge on any atom is -0.493 e. The lowest BCUT2D eigenvalue weighted by molar-refractivity contribution is 0.343. The van der Waals surface area contributed by atoms with Crippen LogP contribution >= 0.6 is 11.8 Å². The number of nitrogens with zero attached hydrogens (tertiary/aromatic N) is 1. The second-order valence-electron chi connectivity index (χ2n) is 5.50. The largest absolute Gasteiger partial charge is 0.493 e. The summed E-state index contributed by atoms with van der Waals surface area (Å²) in [4.78, 5) is 4.39. The molecule has 0 radical (unpaired) electrons. The molecule has 2 rings (SSSR count). The molecule has 24 heavy (non-hydrogen) atoms. The standard InChI is InChI=1S/C19H23FN2OS/c1-3-14(2)15-4-8-17(9-5-15)22-19(21)24-13-12-23-18-10-6-16(20)7-11-18/h4-11,14H,3,12-13H2,1-2H3,(H2,21,22)/t14-/m0/s1. The number of halogens is 1. The maximum absolute atomic E-state index is 12.8. The number of aliphatic imine (C=N–C) groups is 1. The molecule has 128 valence electrons. The summed E-state index contributed by atoms with van der Waals surface area (Å²) < 4.78 is 18.3. The van der Waals surface area contributed by atoms with Gasteiger partial charge in [-0.05, 0) is 54.3 Å². The third kappa shape index (κ3) is 5.89. The van der Waals surface area contributed by atoms with E-state index in [4.69, 9.17) is 10.5 Å². The smallest absolute Gasteiger partial charge is 0.159 e. The fraction of sp³-hybridized carbons (Fsp3) is 0.316. The number of nitrogens with two attached hydrogens (primary N) is 1. The topological polar surface area (TPSA) is 47.6 Å². The zero-order valence-electron chi connectivity index (χ0n) is 14.0. The molecule has 0 amide bonds. The minimum absolute atomic E-state index is 0.271. The van der Waals surface area contributed by atoms with E-state index in [0.29, 0.717) is 29.2 Å². The second kappa shape index (κ2) is 9.33.